The Morgan fingerprint density at radius 3 is 2.45 bits per heavy atom. The molecule has 0 unspecified atom stereocenters. The van der Waals surface area contributed by atoms with Crippen molar-refractivity contribution in [3.8, 4) is 5.75 Å². The molecule has 1 aromatic carbocycles. The number of halogens is 3. The summed E-state index contributed by atoms with van der Waals surface area (Å²) in [5, 5.41) is 13.2. The van der Waals surface area contributed by atoms with E-state index in [9.17, 15) is 5.11 Å². The van der Waals surface area contributed by atoms with E-state index in [2.05, 4.69) is 15.3 Å². The molecule has 3 aromatic rings. The Morgan fingerprint density at radius 2 is 1.75 bits per heavy atom. The number of nitrogens with one attached hydrogen (secondary N) is 1. The highest BCUT2D eigenvalue weighted by atomic mass is 35.5. The smallest absolute Gasteiger partial charge is 0.229 e. The largest absolute Gasteiger partial charge is 0.505 e. The second-order valence-electron chi connectivity index (χ2n) is 3.84. The van der Waals surface area contributed by atoms with E-state index in [1.165, 1.54) is 0 Å². The van der Waals surface area contributed by atoms with Gasteiger partial charge >= 0.3 is 0 Å². The topological polar surface area (TPSA) is 71.2 Å². The SMILES string of the molecule is Oc1c(Cl)c(Cl)c2oc(Nc3ncccn3)cc2c1Cl. The zero-order valence-corrected chi connectivity index (χ0v) is 12.0. The lowest BCUT2D eigenvalue weighted by molar-refractivity contribution is 0.476. The van der Waals surface area contributed by atoms with Crippen molar-refractivity contribution in [2.45, 2.75) is 0 Å². The van der Waals surface area contributed by atoms with Gasteiger partial charge in [0.2, 0.25) is 11.8 Å². The van der Waals surface area contributed by atoms with Gasteiger partial charge in [-0.3, -0.25) is 5.32 Å². The third-order valence-electron chi connectivity index (χ3n) is 2.58. The molecule has 102 valence electrons. The van der Waals surface area contributed by atoms with Gasteiger partial charge in [0.1, 0.15) is 10.0 Å². The summed E-state index contributed by atoms with van der Waals surface area (Å²) in [5.41, 5.74) is 0.276. The quantitative estimate of drug-likeness (QED) is 0.670. The van der Waals surface area contributed by atoms with Crippen molar-refractivity contribution >= 4 is 57.6 Å². The molecule has 0 saturated heterocycles. The maximum atomic E-state index is 9.75. The van der Waals surface area contributed by atoms with Crippen molar-refractivity contribution in [1.82, 2.24) is 9.97 Å². The predicted octanol–water partition coefficient (Wildman–Crippen LogP) is 4.63. The Labute approximate surface area is 128 Å². The molecule has 0 fully saturated rings. The van der Waals surface area contributed by atoms with Crippen LogP contribution in [0, 0.1) is 0 Å². The zero-order valence-electron chi connectivity index (χ0n) is 9.69. The van der Waals surface area contributed by atoms with E-state index in [1.54, 1.807) is 24.5 Å². The minimum absolute atomic E-state index is 0.0546. The van der Waals surface area contributed by atoms with Gasteiger partial charge in [-0.1, -0.05) is 34.8 Å². The van der Waals surface area contributed by atoms with Gasteiger partial charge in [-0.2, -0.15) is 0 Å². The first-order valence-electron chi connectivity index (χ1n) is 5.41. The molecule has 5 nitrogen and oxygen atoms in total. The van der Waals surface area contributed by atoms with E-state index >= 15 is 0 Å². The van der Waals surface area contributed by atoms with Crippen molar-refractivity contribution in [1.29, 1.82) is 0 Å². The van der Waals surface area contributed by atoms with Crippen LogP contribution in [0.5, 0.6) is 5.75 Å². The number of benzene rings is 1. The number of aromatic hydroxyl groups is 1. The molecule has 2 heterocycles. The molecule has 0 spiro atoms. The van der Waals surface area contributed by atoms with Crippen LogP contribution in [0.4, 0.5) is 11.8 Å². The lowest BCUT2D eigenvalue weighted by atomic mass is 10.2. The molecule has 3 rings (SSSR count). The average molecular weight is 331 g/mol. The number of anilines is 2. The van der Waals surface area contributed by atoms with Crippen molar-refractivity contribution in [2.24, 2.45) is 0 Å². The lowest BCUT2D eigenvalue weighted by Gasteiger charge is -2.02. The predicted molar refractivity (Wildman–Crippen MR) is 78.2 cm³/mol. The number of hydrogen-bond acceptors (Lipinski definition) is 5. The first-order valence-corrected chi connectivity index (χ1v) is 6.54. The lowest BCUT2D eigenvalue weighted by Crippen LogP contribution is -1.93. The first-order chi connectivity index (χ1) is 9.58. The summed E-state index contributed by atoms with van der Waals surface area (Å²) in [6, 6.07) is 3.27. The molecule has 0 radical (unpaired) electrons. The third-order valence-corrected chi connectivity index (χ3v) is 3.79. The van der Waals surface area contributed by atoms with Crippen molar-refractivity contribution in [3.05, 3.63) is 39.6 Å². The van der Waals surface area contributed by atoms with Crippen LogP contribution in [-0.4, -0.2) is 15.1 Å². The molecule has 20 heavy (non-hydrogen) atoms. The van der Waals surface area contributed by atoms with E-state index in [0.29, 0.717) is 17.2 Å². The fraction of sp³-hybridized carbons (Fsp3) is 0. The number of phenolic OH excluding ortho intramolecular Hbond substituents is 1. The number of hydrogen-bond donors (Lipinski definition) is 2. The fourth-order valence-corrected chi connectivity index (χ4v) is 2.37. The van der Waals surface area contributed by atoms with E-state index in [4.69, 9.17) is 39.2 Å². The highest BCUT2D eigenvalue weighted by molar-refractivity contribution is 6.49. The normalized spacial score (nSPS) is 10.9. The van der Waals surface area contributed by atoms with Crippen LogP contribution in [-0.2, 0) is 0 Å². The van der Waals surface area contributed by atoms with Crippen LogP contribution in [0.3, 0.4) is 0 Å². The Hall–Kier alpha value is -1.69. The second-order valence-corrected chi connectivity index (χ2v) is 4.98. The minimum Gasteiger partial charge on any atom is -0.505 e. The van der Waals surface area contributed by atoms with Gasteiger partial charge in [-0.05, 0) is 6.07 Å². The molecule has 0 aliphatic heterocycles. The molecule has 0 atom stereocenters. The summed E-state index contributed by atoms with van der Waals surface area (Å²) in [4.78, 5) is 8.00. The first kappa shape index (κ1) is 13.3. The van der Waals surface area contributed by atoms with E-state index in [0.717, 1.165) is 0 Å². The van der Waals surface area contributed by atoms with E-state index in [1.807, 2.05) is 0 Å². The zero-order chi connectivity index (χ0) is 14.3. The van der Waals surface area contributed by atoms with Crippen molar-refractivity contribution in [2.75, 3.05) is 5.32 Å². The summed E-state index contributed by atoms with van der Waals surface area (Å²) >= 11 is 17.9. The third kappa shape index (κ3) is 2.14. The number of phenols is 1. The van der Waals surface area contributed by atoms with E-state index < -0.39 is 0 Å². The standard InChI is InChI=1S/C12H6Cl3N3O2/c13-7-5-4-6(18-12-16-2-1-3-17-12)20-11(5)9(15)8(14)10(7)19/h1-4,19H,(H,16,17,18). The molecule has 0 amide bonds. The molecule has 0 bridgehead atoms. The van der Waals surface area contributed by atoms with Gasteiger partial charge in [-0.15, -0.1) is 0 Å². The monoisotopic (exact) mass is 329 g/mol. The van der Waals surface area contributed by atoms with Crippen LogP contribution >= 0.6 is 34.8 Å². The maximum absolute atomic E-state index is 9.75. The second kappa shape index (κ2) is 5.01. The summed E-state index contributed by atoms with van der Waals surface area (Å²) < 4.78 is 5.52. The Bertz CT molecular complexity index is 745. The van der Waals surface area contributed by atoms with E-state index in [-0.39, 0.29) is 26.4 Å². The minimum atomic E-state index is -0.283. The molecule has 8 heteroatoms. The Kier molecular flexibility index (Phi) is 3.33. The van der Waals surface area contributed by atoms with Crippen molar-refractivity contribution in [3.63, 3.8) is 0 Å². The number of aromatic nitrogens is 2. The van der Waals surface area contributed by atoms with Crippen LogP contribution < -0.4 is 5.32 Å². The van der Waals surface area contributed by atoms with Gasteiger partial charge in [0.05, 0.1) is 5.02 Å². The molecule has 2 aromatic heterocycles. The maximum Gasteiger partial charge on any atom is 0.229 e. The number of fused-ring (bicyclic) bond motifs is 1. The molecule has 0 saturated carbocycles. The van der Waals surface area contributed by atoms with Crippen molar-refractivity contribution < 1.29 is 9.52 Å². The summed E-state index contributed by atoms with van der Waals surface area (Å²) in [7, 11) is 0. The summed E-state index contributed by atoms with van der Waals surface area (Å²) in [6.45, 7) is 0. The molecule has 0 aliphatic rings. The van der Waals surface area contributed by atoms with Gasteiger partial charge in [-0.25, -0.2) is 9.97 Å². The van der Waals surface area contributed by atoms with Gasteiger partial charge in [0.15, 0.2) is 11.3 Å². The summed E-state index contributed by atoms with van der Waals surface area (Å²) in [5.74, 6) is 0.403. The van der Waals surface area contributed by atoms with Gasteiger partial charge in [0.25, 0.3) is 0 Å². The number of furan rings is 1. The van der Waals surface area contributed by atoms with Crippen LogP contribution in [0.1, 0.15) is 0 Å². The number of rotatable bonds is 2. The van der Waals surface area contributed by atoms with Gasteiger partial charge in [0, 0.05) is 23.8 Å². The highest BCUT2D eigenvalue weighted by Gasteiger charge is 2.19. The highest BCUT2D eigenvalue weighted by Crippen LogP contribution is 2.46. The van der Waals surface area contributed by atoms with Gasteiger partial charge < -0.3 is 9.52 Å². The average Bonchev–Trinajstić information content (AvgIpc) is 2.88. The van der Waals surface area contributed by atoms with Crippen LogP contribution in [0.25, 0.3) is 11.0 Å². The Balaban J connectivity index is 2.12. The molecule has 2 N–H and O–H groups in total. The fourth-order valence-electron chi connectivity index (χ4n) is 1.68. The Morgan fingerprint density at radius 1 is 1.05 bits per heavy atom. The number of nitrogens with zero attached hydrogens (tertiary/aromatic N) is 2. The van der Waals surface area contributed by atoms with Crippen LogP contribution in [0.2, 0.25) is 15.1 Å². The summed E-state index contributed by atoms with van der Waals surface area (Å²) in [6.07, 6.45) is 3.17. The molecular weight excluding hydrogens is 325 g/mol. The molecule has 0 aliphatic carbocycles. The molecular formula is C12H6Cl3N3O2. The van der Waals surface area contributed by atoms with Crippen LogP contribution in [0.15, 0.2) is 28.9 Å².